The van der Waals surface area contributed by atoms with Crippen LogP contribution in [0.1, 0.15) is 12.8 Å². The highest BCUT2D eigenvalue weighted by molar-refractivity contribution is 5.78. The summed E-state index contributed by atoms with van der Waals surface area (Å²) in [7, 11) is 0. The van der Waals surface area contributed by atoms with Crippen molar-refractivity contribution in [1.29, 1.82) is 0 Å². The molecule has 1 aliphatic heterocycles. The standard InChI is InChI=1S/C9H14F2N2O/c10-9(11)2-1-6-4-13(5-7(6)9)8(14)3-12/h6-7H,1-5,12H2/t6-,7+/m0/s1. The second-order valence-corrected chi connectivity index (χ2v) is 4.17. The van der Waals surface area contributed by atoms with Gasteiger partial charge in [-0.05, 0) is 12.3 Å². The van der Waals surface area contributed by atoms with Gasteiger partial charge in [0.05, 0.1) is 6.54 Å². The van der Waals surface area contributed by atoms with Crippen LogP contribution in [0.4, 0.5) is 8.78 Å². The highest BCUT2D eigenvalue weighted by Crippen LogP contribution is 2.48. The molecule has 0 unspecified atom stereocenters. The van der Waals surface area contributed by atoms with E-state index < -0.39 is 11.8 Å². The fraction of sp³-hybridized carbons (Fsp3) is 0.889. The number of nitrogens with zero attached hydrogens (tertiary/aromatic N) is 1. The van der Waals surface area contributed by atoms with E-state index in [0.29, 0.717) is 13.0 Å². The topological polar surface area (TPSA) is 46.3 Å². The molecule has 80 valence electrons. The minimum Gasteiger partial charge on any atom is -0.341 e. The smallest absolute Gasteiger partial charge is 0.252 e. The quantitative estimate of drug-likeness (QED) is 0.674. The molecule has 0 aromatic rings. The molecule has 2 aliphatic rings. The van der Waals surface area contributed by atoms with Crippen molar-refractivity contribution < 1.29 is 13.6 Å². The maximum atomic E-state index is 13.3. The molecule has 1 saturated carbocycles. The summed E-state index contributed by atoms with van der Waals surface area (Å²) in [6, 6.07) is 0. The van der Waals surface area contributed by atoms with Gasteiger partial charge in [0, 0.05) is 25.4 Å². The van der Waals surface area contributed by atoms with Gasteiger partial charge in [-0.2, -0.15) is 0 Å². The number of amides is 1. The predicted octanol–water partition coefficient (Wildman–Crippen LogP) is 0.449. The Morgan fingerprint density at radius 1 is 1.50 bits per heavy atom. The molecule has 0 spiro atoms. The van der Waals surface area contributed by atoms with E-state index in [4.69, 9.17) is 5.73 Å². The van der Waals surface area contributed by atoms with Crippen LogP contribution in [-0.2, 0) is 4.79 Å². The third-order valence-corrected chi connectivity index (χ3v) is 3.36. The molecular formula is C9H14F2N2O. The highest BCUT2D eigenvalue weighted by Gasteiger charge is 2.54. The van der Waals surface area contributed by atoms with Crippen molar-refractivity contribution in [2.75, 3.05) is 19.6 Å². The Bertz CT molecular complexity index is 257. The average Bonchev–Trinajstić information content (AvgIpc) is 2.67. The number of alkyl halides is 2. The molecule has 2 rings (SSSR count). The van der Waals surface area contributed by atoms with E-state index in [2.05, 4.69) is 0 Å². The maximum absolute atomic E-state index is 13.3. The number of likely N-dealkylation sites (tertiary alicyclic amines) is 1. The van der Waals surface area contributed by atoms with Gasteiger partial charge >= 0.3 is 0 Å². The summed E-state index contributed by atoms with van der Waals surface area (Å²) in [5.74, 6) is -3.43. The van der Waals surface area contributed by atoms with Gasteiger partial charge in [0.15, 0.2) is 0 Å². The Morgan fingerprint density at radius 3 is 2.79 bits per heavy atom. The van der Waals surface area contributed by atoms with Gasteiger partial charge in [-0.25, -0.2) is 8.78 Å². The van der Waals surface area contributed by atoms with Crippen LogP contribution in [0.15, 0.2) is 0 Å². The molecule has 1 amide bonds. The van der Waals surface area contributed by atoms with Gasteiger partial charge < -0.3 is 10.6 Å². The number of halogens is 2. The number of hydrogen-bond donors (Lipinski definition) is 1. The summed E-state index contributed by atoms with van der Waals surface area (Å²) >= 11 is 0. The summed E-state index contributed by atoms with van der Waals surface area (Å²) in [5.41, 5.74) is 5.19. The average molecular weight is 204 g/mol. The van der Waals surface area contributed by atoms with Crippen molar-refractivity contribution in [3.63, 3.8) is 0 Å². The normalized spacial score (nSPS) is 34.6. The van der Waals surface area contributed by atoms with Gasteiger partial charge in [0.1, 0.15) is 0 Å². The monoisotopic (exact) mass is 204 g/mol. The second kappa shape index (κ2) is 3.15. The van der Waals surface area contributed by atoms with E-state index in [-0.39, 0.29) is 31.3 Å². The van der Waals surface area contributed by atoms with Crippen LogP contribution in [0.5, 0.6) is 0 Å². The van der Waals surface area contributed by atoms with Gasteiger partial charge in [-0.3, -0.25) is 4.79 Å². The lowest BCUT2D eigenvalue weighted by Gasteiger charge is -2.19. The minimum atomic E-state index is -2.58. The van der Waals surface area contributed by atoms with E-state index in [9.17, 15) is 13.6 Å². The number of nitrogens with two attached hydrogens (primary N) is 1. The fourth-order valence-corrected chi connectivity index (χ4v) is 2.54. The SMILES string of the molecule is NCC(=O)N1C[C@@H]2CCC(F)(F)[C@@H]2C1. The summed E-state index contributed by atoms with van der Waals surface area (Å²) in [4.78, 5) is 12.7. The van der Waals surface area contributed by atoms with E-state index in [0.717, 1.165) is 0 Å². The summed E-state index contributed by atoms with van der Waals surface area (Å²) < 4.78 is 26.5. The van der Waals surface area contributed by atoms with Crippen LogP contribution >= 0.6 is 0 Å². The fourth-order valence-electron chi connectivity index (χ4n) is 2.54. The molecule has 0 aromatic carbocycles. The van der Waals surface area contributed by atoms with Gasteiger partial charge in [-0.1, -0.05) is 0 Å². The number of carbonyl (C=O) groups is 1. The largest absolute Gasteiger partial charge is 0.341 e. The molecule has 2 atom stereocenters. The number of hydrogen-bond acceptors (Lipinski definition) is 2. The van der Waals surface area contributed by atoms with E-state index in [1.807, 2.05) is 0 Å². The van der Waals surface area contributed by atoms with Crippen LogP contribution in [0.2, 0.25) is 0 Å². The molecule has 3 nitrogen and oxygen atoms in total. The van der Waals surface area contributed by atoms with Crippen molar-refractivity contribution in [2.45, 2.75) is 18.8 Å². The summed E-state index contributed by atoms with van der Waals surface area (Å²) in [5, 5.41) is 0. The van der Waals surface area contributed by atoms with Crippen LogP contribution < -0.4 is 5.73 Å². The first-order valence-electron chi connectivity index (χ1n) is 4.90. The Kier molecular flexibility index (Phi) is 2.21. The first kappa shape index (κ1) is 9.83. The molecule has 2 N–H and O–H groups in total. The number of rotatable bonds is 1. The lowest BCUT2D eigenvalue weighted by atomic mass is 9.99. The predicted molar refractivity (Wildman–Crippen MR) is 46.8 cm³/mol. The third kappa shape index (κ3) is 1.39. The Balaban J connectivity index is 2.05. The molecule has 14 heavy (non-hydrogen) atoms. The van der Waals surface area contributed by atoms with Gasteiger partial charge in [0.25, 0.3) is 5.92 Å². The van der Waals surface area contributed by atoms with Crippen LogP contribution in [-0.4, -0.2) is 36.4 Å². The lowest BCUT2D eigenvalue weighted by Crippen LogP contribution is -2.36. The van der Waals surface area contributed by atoms with Gasteiger partial charge in [0.2, 0.25) is 5.91 Å². The molecule has 1 saturated heterocycles. The lowest BCUT2D eigenvalue weighted by molar-refractivity contribution is -0.129. The van der Waals surface area contributed by atoms with Crippen molar-refractivity contribution in [1.82, 2.24) is 4.90 Å². The zero-order chi connectivity index (χ0) is 10.3. The van der Waals surface area contributed by atoms with Crippen molar-refractivity contribution >= 4 is 5.91 Å². The molecule has 5 heteroatoms. The molecule has 1 heterocycles. The molecule has 0 aromatic heterocycles. The second-order valence-electron chi connectivity index (χ2n) is 4.17. The maximum Gasteiger partial charge on any atom is 0.252 e. The van der Waals surface area contributed by atoms with E-state index in [1.165, 1.54) is 4.90 Å². The zero-order valence-corrected chi connectivity index (χ0v) is 7.88. The van der Waals surface area contributed by atoms with Crippen molar-refractivity contribution in [3.05, 3.63) is 0 Å². The van der Waals surface area contributed by atoms with Crippen LogP contribution in [0.25, 0.3) is 0 Å². The molecule has 2 fully saturated rings. The minimum absolute atomic E-state index is 0.0134. The van der Waals surface area contributed by atoms with Crippen LogP contribution in [0, 0.1) is 11.8 Å². The van der Waals surface area contributed by atoms with Gasteiger partial charge in [-0.15, -0.1) is 0 Å². The van der Waals surface area contributed by atoms with Crippen molar-refractivity contribution in [2.24, 2.45) is 17.6 Å². The Hall–Kier alpha value is -0.710. The molecule has 0 radical (unpaired) electrons. The zero-order valence-electron chi connectivity index (χ0n) is 7.88. The molecular weight excluding hydrogens is 190 g/mol. The molecule has 0 bridgehead atoms. The van der Waals surface area contributed by atoms with E-state index >= 15 is 0 Å². The number of fused-ring (bicyclic) bond motifs is 1. The van der Waals surface area contributed by atoms with Crippen LogP contribution in [0.3, 0.4) is 0 Å². The highest BCUT2D eigenvalue weighted by atomic mass is 19.3. The first-order valence-corrected chi connectivity index (χ1v) is 4.90. The van der Waals surface area contributed by atoms with E-state index in [1.54, 1.807) is 0 Å². The summed E-state index contributed by atoms with van der Waals surface area (Å²) in [6.45, 7) is 0.578. The Morgan fingerprint density at radius 2 is 2.21 bits per heavy atom. The number of carbonyl (C=O) groups excluding carboxylic acids is 1. The first-order chi connectivity index (χ1) is 6.54. The summed E-state index contributed by atoms with van der Waals surface area (Å²) in [6.07, 6.45) is 0.513. The molecule has 1 aliphatic carbocycles. The van der Waals surface area contributed by atoms with Crippen molar-refractivity contribution in [3.8, 4) is 0 Å². The third-order valence-electron chi connectivity index (χ3n) is 3.36. The Labute approximate surface area is 81.2 Å².